The van der Waals surface area contributed by atoms with Crippen LogP contribution in [0, 0.1) is 11.6 Å². The lowest BCUT2D eigenvalue weighted by molar-refractivity contribution is -0.120. The number of halogens is 2. The second kappa shape index (κ2) is 11.9. The Kier molecular flexibility index (Phi) is 9.20. The van der Waals surface area contributed by atoms with Crippen LogP contribution in [-0.4, -0.2) is 29.7 Å². The highest BCUT2D eigenvalue weighted by Gasteiger charge is 2.44. The molecule has 1 saturated carbocycles. The average molecular weight is 473 g/mol. The summed E-state index contributed by atoms with van der Waals surface area (Å²) in [4.78, 5) is 11.7. The zero-order chi connectivity index (χ0) is 24.7. The van der Waals surface area contributed by atoms with E-state index in [4.69, 9.17) is 0 Å². The van der Waals surface area contributed by atoms with E-state index in [0.29, 0.717) is 11.5 Å². The first-order valence-electron chi connectivity index (χ1n) is 12.5. The van der Waals surface area contributed by atoms with Crippen molar-refractivity contribution in [3.8, 4) is 0 Å². The molecule has 1 aliphatic rings. The van der Waals surface area contributed by atoms with E-state index in [1.807, 2.05) is 0 Å². The maximum atomic E-state index is 13.6. The van der Waals surface area contributed by atoms with Gasteiger partial charge in [0.25, 0.3) is 0 Å². The predicted octanol–water partition coefficient (Wildman–Crippen LogP) is 5.34. The van der Waals surface area contributed by atoms with Crippen LogP contribution in [0.3, 0.4) is 0 Å². The monoisotopic (exact) mass is 472 g/mol. The molecule has 3 unspecified atom stereocenters. The quantitative estimate of drug-likeness (QED) is 0.345. The van der Waals surface area contributed by atoms with Crippen molar-refractivity contribution in [1.29, 1.82) is 0 Å². The van der Waals surface area contributed by atoms with Gasteiger partial charge < -0.3 is 15.7 Å². The number of rotatable bonds is 13. The molecule has 0 bridgehead atoms. The maximum Gasteiger partial charge on any atom is 0.217 e. The van der Waals surface area contributed by atoms with E-state index in [2.05, 4.69) is 48.7 Å². The van der Waals surface area contributed by atoms with Crippen LogP contribution in [0.15, 0.2) is 42.5 Å². The third-order valence-corrected chi connectivity index (χ3v) is 6.88. The Labute approximate surface area is 202 Å². The molecule has 0 spiro atoms. The summed E-state index contributed by atoms with van der Waals surface area (Å²) in [6.45, 7) is 6.13. The fraction of sp³-hybridized carbons (Fsp3) is 0.536. The van der Waals surface area contributed by atoms with Gasteiger partial charge in [0.05, 0.1) is 12.1 Å². The van der Waals surface area contributed by atoms with Crippen molar-refractivity contribution < 1.29 is 18.7 Å². The lowest BCUT2D eigenvalue weighted by atomic mass is 9.91. The number of aliphatic hydroxyl groups is 1. The van der Waals surface area contributed by atoms with Gasteiger partial charge in [0, 0.05) is 25.1 Å². The van der Waals surface area contributed by atoms with Crippen LogP contribution in [0.25, 0.3) is 0 Å². The summed E-state index contributed by atoms with van der Waals surface area (Å²) in [6, 6.07) is 11.3. The zero-order valence-corrected chi connectivity index (χ0v) is 20.5. The first-order chi connectivity index (χ1) is 16.2. The number of unbranched alkanes of at least 4 members (excludes halogenated alkanes) is 2. The summed E-state index contributed by atoms with van der Waals surface area (Å²) in [6.07, 6.45) is 6.06. The molecule has 2 aromatic carbocycles. The molecule has 0 saturated heterocycles. The van der Waals surface area contributed by atoms with Gasteiger partial charge in [0.2, 0.25) is 5.91 Å². The minimum atomic E-state index is -0.913. The Morgan fingerprint density at radius 1 is 1.12 bits per heavy atom. The van der Waals surface area contributed by atoms with Crippen LogP contribution in [-0.2, 0) is 16.8 Å². The Balaban J connectivity index is 1.65. The molecule has 0 radical (unpaired) electrons. The number of benzene rings is 2. The van der Waals surface area contributed by atoms with Crippen LogP contribution in [0.2, 0.25) is 0 Å². The lowest BCUT2D eigenvalue weighted by Gasteiger charge is -2.27. The van der Waals surface area contributed by atoms with Gasteiger partial charge in [0.15, 0.2) is 0 Å². The van der Waals surface area contributed by atoms with E-state index in [0.717, 1.165) is 18.9 Å². The molecular formula is C28H38F2N2O2. The van der Waals surface area contributed by atoms with Crippen molar-refractivity contribution in [2.75, 3.05) is 6.54 Å². The van der Waals surface area contributed by atoms with Gasteiger partial charge in [-0.05, 0) is 60.4 Å². The summed E-state index contributed by atoms with van der Waals surface area (Å²) in [5.41, 5.74) is 2.78. The first-order valence-corrected chi connectivity index (χ1v) is 12.5. The van der Waals surface area contributed by atoms with Gasteiger partial charge >= 0.3 is 0 Å². The number of hydrogen-bond donors (Lipinski definition) is 3. The minimum Gasteiger partial charge on any atom is -0.390 e. The maximum absolute atomic E-state index is 13.6. The van der Waals surface area contributed by atoms with Crippen LogP contribution < -0.4 is 10.6 Å². The second-order valence-electron chi connectivity index (χ2n) is 9.84. The molecule has 3 atom stereocenters. The van der Waals surface area contributed by atoms with E-state index in [1.54, 1.807) is 0 Å². The lowest BCUT2D eigenvalue weighted by Crippen LogP contribution is -2.49. The van der Waals surface area contributed by atoms with Gasteiger partial charge in [0.1, 0.15) is 11.6 Å². The van der Waals surface area contributed by atoms with Crippen molar-refractivity contribution in [2.45, 2.75) is 89.3 Å². The number of nitrogens with one attached hydrogen (secondary N) is 2. The van der Waals surface area contributed by atoms with Gasteiger partial charge in [-0.1, -0.05) is 57.4 Å². The second-order valence-corrected chi connectivity index (χ2v) is 9.84. The fourth-order valence-electron chi connectivity index (χ4n) is 4.67. The molecule has 186 valence electrons. The highest BCUT2D eigenvalue weighted by atomic mass is 19.1. The molecule has 0 aromatic heterocycles. The van der Waals surface area contributed by atoms with Crippen molar-refractivity contribution >= 4 is 5.91 Å². The first kappa shape index (κ1) is 26.3. The van der Waals surface area contributed by atoms with Crippen LogP contribution >= 0.6 is 0 Å². The van der Waals surface area contributed by atoms with E-state index in [9.17, 15) is 18.7 Å². The molecule has 4 nitrogen and oxygen atoms in total. The van der Waals surface area contributed by atoms with Gasteiger partial charge in [-0.3, -0.25) is 4.79 Å². The molecule has 1 fully saturated rings. The minimum absolute atomic E-state index is 0.134. The van der Waals surface area contributed by atoms with E-state index in [-0.39, 0.29) is 24.4 Å². The summed E-state index contributed by atoms with van der Waals surface area (Å²) < 4.78 is 27.2. The largest absolute Gasteiger partial charge is 0.390 e. The fourth-order valence-corrected chi connectivity index (χ4v) is 4.67. The topological polar surface area (TPSA) is 61.4 Å². The van der Waals surface area contributed by atoms with Gasteiger partial charge in [-0.25, -0.2) is 8.78 Å². The third-order valence-electron chi connectivity index (χ3n) is 6.88. The van der Waals surface area contributed by atoms with Crippen molar-refractivity contribution in [3.05, 3.63) is 70.8 Å². The number of carbonyl (C=O) groups excluding carboxylic acids is 1. The van der Waals surface area contributed by atoms with Crippen molar-refractivity contribution in [3.63, 3.8) is 0 Å². The normalized spacial score (nSPS) is 17.1. The Bertz CT molecular complexity index is 941. The number of aliphatic hydroxyl groups excluding tert-OH is 1. The molecule has 2 aromatic rings. The zero-order valence-electron chi connectivity index (χ0n) is 20.5. The molecule has 1 aliphatic carbocycles. The molecule has 3 N–H and O–H groups in total. The molecule has 0 heterocycles. The standard InChI is InChI=1S/C28H38F2N2O2/c1-4-5-6-8-19(2)22-9-7-10-23(16-22)28(11-12-28)31-18-27(34)26(32-20(3)33)15-21-13-24(29)17-25(30)14-21/h7,9-10,13-14,16-17,19,26-27,31,34H,4-6,8,11-12,15,18H2,1-3H3,(H,32,33). The summed E-state index contributed by atoms with van der Waals surface area (Å²) in [5.74, 6) is -1.15. The average Bonchev–Trinajstić information content (AvgIpc) is 3.57. The Morgan fingerprint density at radius 3 is 2.44 bits per heavy atom. The highest BCUT2D eigenvalue weighted by molar-refractivity contribution is 5.73. The van der Waals surface area contributed by atoms with Crippen LogP contribution in [0.4, 0.5) is 8.78 Å². The molecule has 0 aliphatic heterocycles. The summed E-state index contributed by atoms with van der Waals surface area (Å²) in [7, 11) is 0. The van der Waals surface area contributed by atoms with Gasteiger partial charge in [-0.15, -0.1) is 0 Å². The SMILES string of the molecule is CCCCCC(C)c1cccc(C2(NCC(O)C(Cc3cc(F)cc(F)c3)NC(C)=O)CC2)c1. The molecular weight excluding hydrogens is 434 g/mol. The Morgan fingerprint density at radius 2 is 1.82 bits per heavy atom. The van der Waals surface area contributed by atoms with E-state index < -0.39 is 23.8 Å². The van der Waals surface area contributed by atoms with Crippen molar-refractivity contribution in [1.82, 2.24) is 10.6 Å². The van der Waals surface area contributed by atoms with Crippen LogP contribution in [0.1, 0.15) is 81.9 Å². The Hall–Kier alpha value is -2.31. The smallest absolute Gasteiger partial charge is 0.217 e. The summed E-state index contributed by atoms with van der Waals surface area (Å²) >= 11 is 0. The van der Waals surface area contributed by atoms with Crippen LogP contribution in [0.5, 0.6) is 0 Å². The van der Waals surface area contributed by atoms with Crippen molar-refractivity contribution in [2.24, 2.45) is 0 Å². The predicted molar refractivity (Wildman–Crippen MR) is 132 cm³/mol. The molecule has 34 heavy (non-hydrogen) atoms. The molecule has 6 heteroatoms. The van der Waals surface area contributed by atoms with E-state index >= 15 is 0 Å². The van der Waals surface area contributed by atoms with E-state index in [1.165, 1.54) is 55.9 Å². The number of carbonyl (C=O) groups is 1. The molecule has 1 amide bonds. The third kappa shape index (κ3) is 7.34. The van der Waals surface area contributed by atoms with Gasteiger partial charge in [-0.2, -0.15) is 0 Å². The molecule has 3 rings (SSSR count). The summed E-state index contributed by atoms with van der Waals surface area (Å²) in [5, 5.41) is 17.1. The number of amides is 1. The highest BCUT2D eigenvalue weighted by Crippen LogP contribution is 2.46. The number of hydrogen-bond acceptors (Lipinski definition) is 3.